The number of rotatable bonds is 11. The van der Waals surface area contributed by atoms with Gasteiger partial charge in [-0.05, 0) is 29.3 Å². The summed E-state index contributed by atoms with van der Waals surface area (Å²) in [5.74, 6) is 0.602. The highest BCUT2D eigenvalue weighted by molar-refractivity contribution is 5.90. The molecule has 0 spiro atoms. The summed E-state index contributed by atoms with van der Waals surface area (Å²) in [6.07, 6.45) is 6.88. The topological polar surface area (TPSA) is 63.2 Å². The lowest BCUT2D eigenvalue weighted by molar-refractivity contribution is -0.135. The Morgan fingerprint density at radius 2 is 1.62 bits per heavy atom. The van der Waals surface area contributed by atoms with E-state index in [2.05, 4.69) is 17.9 Å². The van der Waals surface area contributed by atoms with Crippen molar-refractivity contribution in [1.82, 2.24) is 0 Å². The Bertz CT molecular complexity index is 688. The van der Waals surface area contributed by atoms with E-state index in [1.165, 1.54) is 14.2 Å². The van der Waals surface area contributed by atoms with E-state index in [-0.39, 0.29) is 19.2 Å². The second-order valence-electron chi connectivity index (χ2n) is 5.07. The average molecular weight is 360 g/mol. The molecule has 0 aromatic heterocycles. The minimum absolute atomic E-state index is 0.0988. The highest BCUT2D eigenvalue weighted by Crippen LogP contribution is 2.29. The van der Waals surface area contributed by atoms with Gasteiger partial charge in [0, 0.05) is 14.2 Å². The number of allylic oxidation sites excluding steroid dienone is 3. The zero-order valence-corrected chi connectivity index (χ0v) is 15.3. The largest absolute Gasteiger partial charge is 0.465 e. The zero-order chi connectivity index (χ0) is 19.4. The van der Waals surface area contributed by atoms with Crippen molar-refractivity contribution in [2.24, 2.45) is 0 Å². The van der Waals surface area contributed by atoms with Gasteiger partial charge >= 0.3 is 5.97 Å². The van der Waals surface area contributed by atoms with E-state index in [0.717, 1.165) is 5.56 Å². The second-order valence-corrected chi connectivity index (χ2v) is 5.07. The molecule has 0 radical (unpaired) electrons. The molecule has 1 aromatic carbocycles. The monoisotopic (exact) mass is 360 g/mol. The van der Waals surface area contributed by atoms with Gasteiger partial charge in [0.2, 0.25) is 0 Å². The molecule has 6 nitrogen and oxygen atoms in total. The number of carbonyl (C=O) groups is 1. The van der Waals surface area contributed by atoms with E-state index in [1.807, 2.05) is 18.2 Å². The van der Waals surface area contributed by atoms with Gasteiger partial charge in [0.15, 0.2) is 25.1 Å². The molecule has 0 unspecified atom stereocenters. The molecule has 0 atom stereocenters. The fourth-order valence-corrected chi connectivity index (χ4v) is 1.77. The second kappa shape index (κ2) is 11.7. The summed E-state index contributed by atoms with van der Waals surface area (Å²) >= 11 is 0. The maximum Gasteiger partial charge on any atom is 0.337 e. The van der Waals surface area contributed by atoms with Crippen LogP contribution in [0.4, 0.5) is 0 Å². The fourth-order valence-electron chi connectivity index (χ4n) is 1.77. The van der Waals surface area contributed by atoms with E-state index in [4.69, 9.17) is 18.9 Å². The number of hydrogen-bond donors (Lipinski definition) is 0. The Kier molecular flexibility index (Phi) is 9.53. The number of methoxy groups -OCH3 is 3. The van der Waals surface area contributed by atoms with Crippen LogP contribution in [-0.2, 0) is 19.0 Å². The average Bonchev–Trinajstić information content (AvgIpc) is 2.66. The van der Waals surface area contributed by atoms with Gasteiger partial charge in [-0.1, -0.05) is 37.5 Å². The Balaban J connectivity index is 2.82. The SMILES string of the molecule is C=C(/C=C\C(=C)C(=O)OC)/C=C/c1ccc(OCOC)c(OCOC)c1. The number of esters is 1. The molecule has 0 aliphatic carbocycles. The third-order valence-corrected chi connectivity index (χ3v) is 3.07. The van der Waals surface area contributed by atoms with Gasteiger partial charge in [-0.25, -0.2) is 4.79 Å². The van der Waals surface area contributed by atoms with E-state index in [9.17, 15) is 4.79 Å². The van der Waals surface area contributed by atoms with Crippen LogP contribution < -0.4 is 9.47 Å². The normalized spacial score (nSPS) is 10.9. The molecule has 0 heterocycles. The van der Waals surface area contributed by atoms with Crippen molar-refractivity contribution < 1.29 is 28.5 Å². The van der Waals surface area contributed by atoms with Crippen LogP contribution in [0.2, 0.25) is 0 Å². The lowest BCUT2D eigenvalue weighted by atomic mass is 10.1. The van der Waals surface area contributed by atoms with Crippen molar-refractivity contribution in [3.63, 3.8) is 0 Å². The van der Waals surface area contributed by atoms with Crippen molar-refractivity contribution in [1.29, 1.82) is 0 Å². The van der Waals surface area contributed by atoms with Crippen LogP contribution in [0.1, 0.15) is 5.56 Å². The maximum atomic E-state index is 11.3. The summed E-state index contributed by atoms with van der Waals surface area (Å²) in [5, 5.41) is 0. The number of ether oxygens (including phenoxy) is 5. The molecular formula is C20H24O6. The molecule has 0 saturated carbocycles. The summed E-state index contributed by atoms with van der Waals surface area (Å²) in [6, 6.07) is 5.46. The summed E-state index contributed by atoms with van der Waals surface area (Å²) in [4.78, 5) is 11.3. The standard InChI is InChI=1S/C20H24O6/c1-15(6-8-16(2)20(21)24-5)7-9-17-10-11-18(25-13-22-3)19(12-17)26-14-23-4/h6-12H,1-2,13-14H2,3-5H3/b8-6-,9-7+. The molecule has 6 heteroatoms. The smallest absolute Gasteiger partial charge is 0.337 e. The van der Waals surface area contributed by atoms with Crippen LogP contribution in [-0.4, -0.2) is 40.9 Å². The van der Waals surface area contributed by atoms with Gasteiger partial charge < -0.3 is 23.7 Å². The predicted octanol–water partition coefficient (Wildman–Crippen LogP) is 3.51. The van der Waals surface area contributed by atoms with E-state index in [1.54, 1.807) is 31.4 Å². The van der Waals surface area contributed by atoms with Crippen LogP contribution in [0.5, 0.6) is 11.5 Å². The highest BCUT2D eigenvalue weighted by atomic mass is 16.7. The van der Waals surface area contributed by atoms with Crippen LogP contribution >= 0.6 is 0 Å². The quantitative estimate of drug-likeness (QED) is 0.260. The number of hydrogen-bond acceptors (Lipinski definition) is 6. The van der Waals surface area contributed by atoms with Crippen molar-refractivity contribution in [2.75, 3.05) is 34.9 Å². The molecule has 0 bridgehead atoms. The molecule has 1 aromatic rings. The molecule has 140 valence electrons. The Labute approximate surface area is 154 Å². The summed E-state index contributed by atoms with van der Waals surface area (Å²) in [6.45, 7) is 7.72. The predicted molar refractivity (Wildman–Crippen MR) is 99.9 cm³/mol. The van der Waals surface area contributed by atoms with Gasteiger partial charge in [0.25, 0.3) is 0 Å². The summed E-state index contributed by atoms with van der Waals surface area (Å²) < 4.78 is 25.4. The van der Waals surface area contributed by atoms with Gasteiger partial charge in [0.05, 0.1) is 12.7 Å². The molecular weight excluding hydrogens is 336 g/mol. The Morgan fingerprint density at radius 1 is 0.962 bits per heavy atom. The number of benzene rings is 1. The number of carbonyl (C=O) groups excluding carboxylic acids is 1. The molecule has 0 saturated heterocycles. The van der Waals surface area contributed by atoms with Crippen molar-refractivity contribution in [3.8, 4) is 11.5 Å². The summed E-state index contributed by atoms with van der Waals surface area (Å²) in [7, 11) is 4.39. The molecule has 1 rings (SSSR count). The molecule has 0 aliphatic heterocycles. The maximum absolute atomic E-state index is 11.3. The lowest BCUT2D eigenvalue weighted by Gasteiger charge is -2.12. The first-order valence-corrected chi connectivity index (χ1v) is 7.71. The third kappa shape index (κ3) is 7.38. The van der Waals surface area contributed by atoms with Gasteiger partial charge in [-0.15, -0.1) is 0 Å². The minimum atomic E-state index is -0.482. The van der Waals surface area contributed by atoms with E-state index in [0.29, 0.717) is 17.1 Å². The highest BCUT2D eigenvalue weighted by Gasteiger charge is 2.06. The summed E-state index contributed by atoms with van der Waals surface area (Å²) in [5.41, 5.74) is 1.81. The first kappa shape index (κ1) is 21.2. The molecule has 0 N–H and O–H groups in total. The zero-order valence-electron chi connectivity index (χ0n) is 15.3. The van der Waals surface area contributed by atoms with Gasteiger partial charge in [-0.2, -0.15) is 0 Å². The Hall–Kier alpha value is -2.83. The van der Waals surface area contributed by atoms with E-state index >= 15 is 0 Å². The fraction of sp³-hybridized carbons (Fsp3) is 0.250. The minimum Gasteiger partial charge on any atom is -0.465 e. The first-order chi connectivity index (χ1) is 12.5. The molecule has 0 aliphatic rings. The molecule has 26 heavy (non-hydrogen) atoms. The van der Waals surface area contributed by atoms with Crippen molar-refractivity contribution >= 4 is 12.0 Å². The van der Waals surface area contributed by atoms with Crippen LogP contribution in [0.3, 0.4) is 0 Å². The lowest BCUT2D eigenvalue weighted by Crippen LogP contribution is -2.04. The van der Waals surface area contributed by atoms with Crippen LogP contribution in [0, 0.1) is 0 Å². The molecule has 0 amide bonds. The Morgan fingerprint density at radius 3 is 2.23 bits per heavy atom. The van der Waals surface area contributed by atoms with Crippen LogP contribution in [0.25, 0.3) is 6.08 Å². The van der Waals surface area contributed by atoms with Crippen LogP contribution in [0.15, 0.2) is 60.7 Å². The third-order valence-electron chi connectivity index (χ3n) is 3.07. The van der Waals surface area contributed by atoms with Gasteiger partial charge in [0.1, 0.15) is 0 Å². The van der Waals surface area contributed by atoms with Crippen molar-refractivity contribution in [2.45, 2.75) is 0 Å². The molecule has 0 fully saturated rings. The van der Waals surface area contributed by atoms with Gasteiger partial charge in [-0.3, -0.25) is 0 Å². The van der Waals surface area contributed by atoms with E-state index < -0.39 is 5.97 Å². The first-order valence-electron chi connectivity index (χ1n) is 7.71. The van der Waals surface area contributed by atoms with Crippen molar-refractivity contribution in [3.05, 3.63) is 66.3 Å².